The van der Waals surface area contributed by atoms with Crippen LogP contribution in [0.1, 0.15) is 29.4 Å². The summed E-state index contributed by atoms with van der Waals surface area (Å²) in [4.78, 5) is 12.2. The molecule has 1 N–H and O–H groups in total. The highest BCUT2D eigenvalue weighted by Gasteiger charge is 2.43. The highest BCUT2D eigenvalue weighted by Crippen LogP contribution is 2.43. The molecule has 1 fully saturated rings. The Kier molecular flexibility index (Phi) is 3.36. The summed E-state index contributed by atoms with van der Waals surface area (Å²) in [5.74, 6) is -0.927. The minimum absolute atomic E-state index is 0.0398. The van der Waals surface area contributed by atoms with Gasteiger partial charge in [-0.15, -0.1) is 0 Å². The van der Waals surface area contributed by atoms with Crippen LogP contribution in [0.4, 0.5) is 4.39 Å². The van der Waals surface area contributed by atoms with Gasteiger partial charge in [0.2, 0.25) is 0 Å². The quantitative estimate of drug-likeness (QED) is 0.910. The number of hydrogen-bond donors (Lipinski definition) is 1. The Balaban J connectivity index is 2.02. The Morgan fingerprint density at radius 1 is 0.950 bits per heavy atom. The van der Waals surface area contributed by atoms with Gasteiger partial charge in [0.1, 0.15) is 11.6 Å². The number of benzene rings is 2. The van der Waals surface area contributed by atoms with E-state index in [0.29, 0.717) is 0 Å². The van der Waals surface area contributed by atoms with E-state index in [2.05, 4.69) is 0 Å². The zero-order valence-electron chi connectivity index (χ0n) is 10.9. The molecule has 3 atom stereocenters. The predicted octanol–water partition coefficient (Wildman–Crippen LogP) is 3.03. The van der Waals surface area contributed by atoms with Crippen LogP contribution in [0.2, 0.25) is 0 Å². The van der Waals surface area contributed by atoms with Gasteiger partial charge in [-0.05, 0) is 23.3 Å². The standard InChI is InChI=1S/C17H15FO2/c18-13-8-6-12(7-9-13)17-15(20)10-14(19)16(17)11-4-2-1-3-5-11/h1-9,15-17,20H,10H2/t15-,16-,17-/m1/s1. The van der Waals surface area contributed by atoms with Crippen molar-refractivity contribution in [2.24, 2.45) is 0 Å². The highest BCUT2D eigenvalue weighted by atomic mass is 19.1. The molecule has 2 aromatic rings. The second-order valence-corrected chi connectivity index (χ2v) is 5.20. The summed E-state index contributed by atoms with van der Waals surface area (Å²) in [6.07, 6.45) is -0.556. The van der Waals surface area contributed by atoms with E-state index in [0.717, 1.165) is 11.1 Å². The molecule has 0 unspecified atom stereocenters. The Morgan fingerprint density at radius 2 is 1.60 bits per heavy atom. The van der Waals surface area contributed by atoms with Crippen LogP contribution in [0, 0.1) is 5.82 Å². The van der Waals surface area contributed by atoms with Crippen molar-refractivity contribution in [2.45, 2.75) is 24.4 Å². The lowest BCUT2D eigenvalue weighted by molar-refractivity contribution is -0.119. The van der Waals surface area contributed by atoms with Crippen molar-refractivity contribution in [3.63, 3.8) is 0 Å². The second-order valence-electron chi connectivity index (χ2n) is 5.20. The van der Waals surface area contributed by atoms with Gasteiger partial charge in [0.05, 0.1) is 12.0 Å². The van der Waals surface area contributed by atoms with E-state index in [9.17, 15) is 14.3 Å². The lowest BCUT2D eigenvalue weighted by Gasteiger charge is -2.21. The van der Waals surface area contributed by atoms with Crippen LogP contribution in [0.25, 0.3) is 0 Å². The molecule has 0 radical (unpaired) electrons. The first kappa shape index (κ1) is 13.0. The normalized spacial score (nSPS) is 25.9. The van der Waals surface area contributed by atoms with E-state index in [1.807, 2.05) is 30.3 Å². The molecule has 1 aliphatic rings. The third-order valence-corrected chi connectivity index (χ3v) is 3.94. The predicted molar refractivity (Wildman–Crippen MR) is 74.0 cm³/mol. The van der Waals surface area contributed by atoms with Crippen LogP contribution in [-0.2, 0) is 4.79 Å². The van der Waals surface area contributed by atoms with Gasteiger partial charge in [0.15, 0.2) is 0 Å². The largest absolute Gasteiger partial charge is 0.392 e. The Hall–Kier alpha value is -2.00. The number of aliphatic hydroxyl groups excluding tert-OH is 1. The van der Waals surface area contributed by atoms with Gasteiger partial charge in [-0.25, -0.2) is 4.39 Å². The molecule has 1 saturated carbocycles. The molecule has 2 nitrogen and oxygen atoms in total. The topological polar surface area (TPSA) is 37.3 Å². The summed E-state index contributed by atoms with van der Waals surface area (Å²) in [5, 5.41) is 10.2. The average molecular weight is 270 g/mol. The number of aliphatic hydroxyl groups is 1. The Bertz CT molecular complexity index is 607. The van der Waals surface area contributed by atoms with Crippen molar-refractivity contribution in [3.05, 3.63) is 71.5 Å². The third-order valence-electron chi connectivity index (χ3n) is 3.94. The summed E-state index contributed by atoms with van der Waals surface area (Å²) in [7, 11) is 0. The molecule has 1 aliphatic carbocycles. The van der Waals surface area contributed by atoms with Crippen LogP contribution in [0.5, 0.6) is 0 Å². The van der Waals surface area contributed by atoms with Crippen LogP contribution >= 0.6 is 0 Å². The van der Waals surface area contributed by atoms with E-state index in [1.165, 1.54) is 12.1 Å². The average Bonchev–Trinajstić information content (AvgIpc) is 2.75. The fourth-order valence-corrected chi connectivity index (χ4v) is 3.04. The number of ketones is 1. The number of Topliss-reactive ketones (excluding diaryl/α,β-unsaturated/α-hetero) is 1. The lowest BCUT2D eigenvalue weighted by atomic mass is 9.83. The molecule has 3 heteroatoms. The van der Waals surface area contributed by atoms with E-state index in [4.69, 9.17) is 0 Å². The number of hydrogen-bond acceptors (Lipinski definition) is 2. The van der Waals surface area contributed by atoms with Gasteiger partial charge in [0, 0.05) is 12.3 Å². The Labute approximate surface area is 116 Å². The molecule has 102 valence electrons. The summed E-state index contributed by atoms with van der Waals surface area (Å²) >= 11 is 0. The molecule has 0 aliphatic heterocycles. The maximum atomic E-state index is 13.0. The number of carbonyl (C=O) groups excluding carboxylic acids is 1. The number of rotatable bonds is 2. The summed E-state index contributed by atoms with van der Waals surface area (Å²) in [6, 6.07) is 15.5. The summed E-state index contributed by atoms with van der Waals surface area (Å²) < 4.78 is 13.0. The maximum Gasteiger partial charge on any atom is 0.143 e. The summed E-state index contributed by atoms with van der Waals surface area (Å²) in [5.41, 5.74) is 1.71. The lowest BCUT2D eigenvalue weighted by Crippen LogP contribution is -2.17. The van der Waals surface area contributed by atoms with E-state index in [1.54, 1.807) is 12.1 Å². The molecule has 20 heavy (non-hydrogen) atoms. The minimum Gasteiger partial charge on any atom is -0.392 e. The fraction of sp³-hybridized carbons (Fsp3) is 0.235. The third kappa shape index (κ3) is 2.25. The zero-order chi connectivity index (χ0) is 14.1. The van der Waals surface area contributed by atoms with Crippen LogP contribution in [0.15, 0.2) is 54.6 Å². The van der Waals surface area contributed by atoms with E-state index < -0.39 is 6.10 Å². The molecule has 0 amide bonds. The SMILES string of the molecule is O=C1C[C@@H](O)[C@@H](c2ccc(F)cc2)[C@@H]1c1ccccc1. The van der Waals surface area contributed by atoms with E-state index >= 15 is 0 Å². The van der Waals surface area contributed by atoms with Crippen LogP contribution < -0.4 is 0 Å². The van der Waals surface area contributed by atoms with Gasteiger partial charge in [-0.3, -0.25) is 4.79 Å². The maximum absolute atomic E-state index is 13.0. The van der Waals surface area contributed by atoms with Crippen molar-refractivity contribution in [2.75, 3.05) is 0 Å². The molecule has 0 bridgehead atoms. The number of carbonyl (C=O) groups is 1. The first-order valence-corrected chi connectivity index (χ1v) is 6.68. The van der Waals surface area contributed by atoms with Gasteiger partial charge >= 0.3 is 0 Å². The van der Waals surface area contributed by atoms with Crippen molar-refractivity contribution >= 4 is 5.78 Å². The van der Waals surface area contributed by atoms with Gasteiger partial charge < -0.3 is 5.11 Å². The van der Waals surface area contributed by atoms with E-state index in [-0.39, 0.29) is 29.9 Å². The zero-order valence-corrected chi connectivity index (χ0v) is 10.9. The molecule has 3 rings (SSSR count). The van der Waals surface area contributed by atoms with Gasteiger partial charge in [-0.2, -0.15) is 0 Å². The van der Waals surface area contributed by atoms with Crippen molar-refractivity contribution in [1.29, 1.82) is 0 Å². The van der Waals surface area contributed by atoms with Crippen LogP contribution in [-0.4, -0.2) is 17.0 Å². The molecule has 0 aromatic heterocycles. The van der Waals surface area contributed by atoms with Gasteiger partial charge in [0.25, 0.3) is 0 Å². The van der Waals surface area contributed by atoms with Crippen LogP contribution in [0.3, 0.4) is 0 Å². The minimum atomic E-state index is -0.710. The molecule has 0 spiro atoms. The molecule has 0 heterocycles. The smallest absolute Gasteiger partial charge is 0.143 e. The van der Waals surface area contributed by atoms with Crippen molar-refractivity contribution in [1.82, 2.24) is 0 Å². The van der Waals surface area contributed by atoms with Crippen molar-refractivity contribution in [3.8, 4) is 0 Å². The first-order valence-electron chi connectivity index (χ1n) is 6.68. The molecule has 2 aromatic carbocycles. The monoisotopic (exact) mass is 270 g/mol. The second kappa shape index (κ2) is 5.17. The number of halogens is 1. The first-order chi connectivity index (χ1) is 9.66. The van der Waals surface area contributed by atoms with Crippen molar-refractivity contribution < 1.29 is 14.3 Å². The molecular formula is C17H15FO2. The summed E-state index contributed by atoms with van der Waals surface area (Å²) in [6.45, 7) is 0. The Morgan fingerprint density at radius 3 is 2.25 bits per heavy atom. The molecular weight excluding hydrogens is 255 g/mol. The highest BCUT2D eigenvalue weighted by molar-refractivity contribution is 5.90. The fourth-order valence-electron chi connectivity index (χ4n) is 3.04. The molecule has 0 saturated heterocycles. The van der Waals surface area contributed by atoms with Gasteiger partial charge in [-0.1, -0.05) is 42.5 Å².